The van der Waals surface area contributed by atoms with E-state index >= 15 is 0 Å². The number of hydrogen-bond acceptors (Lipinski definition) is 5. The number of thioether (sulfide) groups is 1. The van der Waals surface area contributed by atoms with E-state index in [4.69, 9.17) is 10.00 Å². The molecule has 2 rings (SSSR count). The quantitative estimate of drug-likeness (QED) is 0.651. The van der Waals surface area contributed by atoms with Crippen molar-refractivity contribution < 1.29 is 4.74 Å². The number of rotatable bonds is 2. The van der Waals surface area contributed by atoms with E-state index < -0.39 is 0 Å². The van der Waals surface area contributed by atoms with Crippen LogP contribution in [-0.2, 0) is 4.74 Å². The molecule has 1 aliphatic heterocycles. The molecule has 0 spiro atoms. The highest BCUT2D eigenvalue weighted by atomic mass is 32.2. The summed E-state index contributed by atoms with van der Waals surface area (Å²) in [5.74, 6) is 0. The minimum atomic E-state index is 0.415. The van der Waals surface area contributed by atoms with E-state index in [9.17, 15) is 0 Å². The Morgan fingerprint density at radius 2 is 2.46 bits per heavy atom. The third-order valence-corrected chi connectivity index (χ3v) is 2.64. The molecule has 0 amide bonds. The zero-order valence-corrected chi connectivity index (χ0v) is 7.62. The van der Waals surface area contributed by atoms with E-state index in [0.29, 0.717) is 16.1 Å². The van der Waals surface area contributed by atoms with Crippen LogP contribution in [0.25, 0.3) is 0 Å². The van der Waals surface area contributed by atoms with Gasteiger partial charge in [0.2, 0.25) is 0 Å². The molecule has 0 N–H and O–H groups in total. The van der Waals surface area contributed by atoms with Crippen molar-refractivity contribution in [3.8, 4) is 6.07 Å². The van der Waals surface area contributed by atoms with Crippen LogP contribution in [0.1, 0.15) is 5.69 Å². The lowest BCUT2D eigenvalue weighted by atomic mass is 10.4. The fraction of sp³-hybridized carbons (Fsp3) is 0.375. The van der Waals surface area contributed by atoms with Crippen LogP contribution < -0.4 is 0 Å². The number of aromatic nitrogens is 2. The lowest BCUT2D eigenvalue weighted by Crippen LogP contribution is -2.30. The summed E-state index contributed by atoms with van der Waals surface area (Å²) in [4.78, 5) is 8.10. The Bertz CT molecular complexity index is 345. The molecule has 2 heterocycles. The second kappa shape index (κ2) is 3.73. The summed E-state index contributed by atoms with van der Waals surface area (Å²) in [6.07, 6.45) is 1.60. The Balaban J connectivity index is 2.07. The Morgan fingerprint density at radius 1 is 1.62 bits per heavy atom. The first-order valence-electron chi connectivity index (χ1n) is 3.86. The average molecular weight is 193 g/mol. The van der Waals surface area contributed by atoms with Gasteiger partial charge in [0.05, 0.1) is 18.5 Å². The van der Waals surface area contributed by atoms with E-state index in [1.54, 1.807) is 24.0 Å². The molecular formula is C8H7N3OS. The monoisotopic (exact) mass is 193 g/mol. The van der Waals surface area contributed by atoms with Crippen LogP contribution in [-0.4, -0.2) is 28.4 Å². The normalized spacial score (nSPS) is 16.2. The molecular weight excluding hydrogens is 186 g/mol. The predicted octanol–water partition coefficient (Wildman–Crippen LogP) is 0.839. The summed E-state index contributed by atoms with van der Waals surface area (Å²) >= 11 is 1.56. The number of nitrogens with zero attached hydrogens (tertiary/aromatic N) is 3. The number of hydrogen-bond donors (Lipinski definition) is 0. The zero-order valence-electron chi connectivity index (χ0n) is 6.80. The first kappa shape index (κ1) is 8.48. The van der Waals surface area contributed by atoms with Crippen molar-refractivity contribution in [3.63, 3.8) is 0 Å². The van der Waals surface area contributed by atoms with Gasteiger partial charge in [0, 0.05) is 6.20 Å². The van der Waals surface area contributed by atoms with Gasteiger partial charge in [-0.15, -0.1) is 0 Å². The largest absolute Gasteiger partial charge is 0.379 e. The Labute approximate surface area is 80.0 Å². The second-order valence-electron chi connectivity index (χ2n) is 2.61. The van der Waals surface area contributed by atoms with Crippen molar-refractivity contribution in [2.24, 2.45) is 0 Å². The molecule has 1 aliphatic rings. The van der Waals surface area contributed by atoms with Gasteiger partial charge in [0.15, 0.2) is 5.16 Å². The topological polar surface area (TPSA) is 58.8 Å². The molecule has 1 aromatic heterocycles. The first-order valence-corrected chi connectivity index (χ1v) is 4.74. The summed E-state index contributed by atoms with van der Waals surface area (Å²) in [6.45, 7) is 1.51. The Kier molecular flexibility index (Phi) is 2.43. The van der Waals surface area contributed by atoms with Crippen molar-refractivity contribution in [1.82, 2.24) is 9.97 Å². The van der Waals surface area contributed by atoms with Crippen molar-refractivity contribution in [3.05, 3.63) is 18.0 Å². The zero-order chi connectivity index (χ0) is 9.10. The minimum Gasteiger partial charge on any atom is -0.379 e. The number of ether oxygens (including phenoxy) is 1. The highest BCUT2D eigenvalue weighted by Crippen LogP contribution is 2.24. The van der Waals surface area contributed by atoms with E-state index in [2.05, 4.69) is 9.97 Å². The van der Waals surface area contributed by atoms with Gasteiger partial charge >= 0.3 is 0 Å². The van der Waals surface area contributed by atoms with Gasteiger partial charge in [-0.3, -0.25) is 0 Å². The fourth-order valence-electron chi connectivity index (χ4n) is 0.891. The van der Waals surface area contributed by atoms with Crippen molar-refractivity contribution in [2.75, 3.05) is 13.2 Å². The molecule has 0 unspecified atom stereocenters. The van der Waals surface area contributed by atoms with E-state index in [1.807, 2.05) is 6.07 Å². The average Bonchev–Trinajstić information content (AvgIpc) is 2.12. The molecule has 5 heteroatoms. The van der Waals surface area contributed by atoms with Crippen molar-refractivity contribution in [2.45, 2.75) is 10.4 Å². The van der Waals surface area contributed by atoms with E-state index in [-0.39, 0.29) is 0 Å². The third-order valence-electron chi connectivity index (χ3n) is 1.63. The van der Waals surface area contributed by atoms with Gasteiger partial charge in [-0.25, -0.2) is 9.97 Å². The molecule has 1 fully saturated rings. The molecule has 1 saturated heterocycles. The molecule has 0 saturated carbocycles. The van der Waals surface area contributed by atoms with Crippen LogP contribution in [0.2, 0.25) is 0 Å². The van der Waals surface area contributed by atoms with Gasteiger partial charge in [-0.2, -0.15) is 5.26 Å². The first-order chi connectivity index (χ1) is 6.38. The summed E-state index contributed by atoms with van der Waals surface area (Å²) in [7, 11) is 0. The molecule has 0 aliphatic carbocycles. The maximum atomic E-state index is 8.59. The molecule has 1 aromatic rings. The molecule has 66 valence electrons. The lowest BCUT2D eigenvalue weighted by molar-refractivity contribution is 0.0454. The van der Waals surface area contributed by atoms with E-state index in [0.717, 1.165) is 13.2 Å². The smallest absolute Gasteiger partial charge is 0.189 e. The third kappa shape index (κ3) is 1.97. The Morgan fingerprint density at radius 3 is 3.08 bits per heavy atom. The Hall–Kier alpha value is -1.12. The molecule has 13 heavy (non-hydrogen) atoms. The summed E-state index contributed by atoms with van der Waals surface area (Å²) < 4.78 is 5.02. The second-order valence-corrected chi connectivity index (χ2v) is 3.88. The molecule has 0 aromatic carbocycles. The van der Waals surface area contributed by atoms with Crippen LogP contribution in [0.4, 0.5) is 0 Å². The van der Waals surface area contributed by atoms with Gasteiger partial charge in [0.1, 0.15) is 11.8 Å². The maximum Gasteiger partial charge on any atom is 0.189 e. The van der Waals surface area contributed by atoms with Crippen LogP contribution >= 0.6 is 11.8 Å². The number of nitriles is 1. The highest BCUT2D eigenvalue weighted by Gasteiger charge is 2.20. The van der Waals surface area contributed by atoms with Crippen molar-refractivity contribution >= 4 is 11.8 Å². The van der Waals surface area contributed by atoms with Gasteiger partial charge in [0.25, 0.3) is 0 Å². The van der Waals surface area contributed by atoms with Crippen LogP contribution in [0.5, 0.6) is 0 Å². The van der Waals surface area contributed by atoms with E-state index in [1.165, 1.54) is 0 Å². The van der Waals surface area contributed by atoms with Gasteiger partial charge in [-0.1, -0.05) is 11.8 Å². The molecule has 0 radical (unpaired) electrons. The van der Waals surface area contributed by atoms with Crippen LogP contribution in [0, 0.1) is 11.3 Å². The molecule has 0 bridgehead atoms. The highest BCUT2D eigenvalue weighted by molar-refractivity contribution is 7.99. The standard InChI is InChI=1S/C8H7N3OS/c9-3-6-1-2-10-8(11-6)13-7-4-12-5-7/h1-2,7H,4-5H2. The van der Waals surface area contributed by atoms with Gasteiger partial charge in [-0.05, 0) is 6.07 Å². The predicted molar refractivity (Wildman–Crippen MR) is 47.2 cm³/mol. The lowest BCUT2D eigenvalue weighted by Gasteiger charge is -2.23. The summed E-state index contributed by atoms with van der Waals surface area (Å²) in [5.41, 5.74) is 0.415. The van der Waals surface area contributed by atoms with Gasteiger partial charge < -0.3 is 4.74 Å². The minimum absolute atomic E-state index is 0.415. The summed E-state index contributed by atoms with van der Waals surface area (Å²) in [5, 5.41) is 9.71. The van der Waals surface area contributed by atoms with Crippen LogP contribution in [0.3, 0.4) is 0 Å². The van der Waals surface area contributed by atoms with Crippen LogP contribution in [0.15, 0.2) is 17.4 Å². The SMILES string of the molecule is N#Cc1ccnc(SC2COC2)n1. The van der Waals surface area contributed by atoms with Crippen molar-refractivity contribution in [1.29, 1.82) is 5.26 Å². The fourth-order valence-corrected chi connectivity index (χ4v) is 1.79. The molecule has 4 nitrogen and oxygen atoms in total. The summed E-state index contributed by atoms with van der Waals surface area (Å²) in [6, 6.07) is 3.58. The maximum absolute atomic E-state index is 8.59. The molecule has 0 atom stereocenters.